The van der Waals surface area contributed by atoms with Crippen molar-refractivity contribution in [3.05, 3.63) is 16.6 Å². The van der Waals surface area contributed by atoms with Gasteiger partial charge in [0.15, 0.2) is 0 Å². The van der Waals surface area contributed by atoms with E-state index in [1.54, 1.807) is 0 Å². The number of aromatic nitrogens is 1. The summed E-state index contributed by atoms with van der Waals surface area (Å²) in [6, 6.07) is 2.07. The molecular weight excluding hydrogens is 184 g/mol. The average molecular weight is 200 g/mol. The van der Waals surface area contributed by atoms with Gasteiger partial charge in [0, 0.05) is 11.4 Å². The van der Waals surface area contributed by atoms with Gasteiger partial charge < -0.3 is 9.64 Å². The van der Waals surface area contributed by atoms with Crippen LogP contribution in [0.2, 0.25) is 0 Å². The monoisotopic (exact) mass is 200 g/mol. The summed E-state index contributed by atoms with van der Waals surface area (Å²) in [4.78, 5) is 3.35. The number of nitrogens with zero attached hydrogens (tertiary/aromatic N) is 2. The maximum absolute atomic E-state index is 5.45. The highest BCUT2D eigenvalue weighted by Crippen LogP contribution is 2.08. The third kappa shape index (κ3) is 4.36. The van der Waals surface area contributed by atoms with Gasteiger partial charge in [-0.05, 0) is 38.6 Å². The lowest BCUT2D eigenvalue weighted by atomic mass is 10.4. The zero-order valence-corrected chi connectivity index (χ0v) is 9.23. The Labute approximate surface area is 83.5 Å². The van der Waals surface area contributed by atoms with E-state index in [0.717, 1.165) is 18.8 Å². The molecule has 0 aromatic carbocycles. The van der Waals surface area contributed by atoms with E-state index in [4.69, 9.17) is 4.74 Å². The van der Waals surface area contributed by atoms with Crippen LogP contribution in [0.1, 0.15) is 10.6 Å². The summed E-state index contributed by atoms with van der Waals surface area (Å²) < 4.78 is 9.68. The SMILES string of the molecule is Cc1cc(COCCN(C)C)ns1. The van der Waals surface area contributed by atoms with Gasteiger partial charge in [-0.15, -0.1) is 0 Å². The van der Waals surface area contributed by atoms with Gasteiger partial charge in [0.05, 0.1) is 18.9 Å². The molecule has 1 aromatic heterocycles. The van der Waals surface area contributed by atoms with Crippen LogP contribution in [0.4, 0.5) is 0 Å². The molecule has 1 rings (SSSR count). The van der Waals surface area contributed by atoms with Crippen molar-refractivity contribution < 1.29 is 4.74 Å². The first-order chi connectivity index (χ1) is 6.18. The van der Waals surface area contributed by atoms with Gasteiger partial charge in [0.2, 0.25) is 0 Å². The second-order valence-electron chi connectivity index (χ2n) is 3.28. The lowest BCUT2D eigenvalue weighted by Gasteiger charge is -2.08. The van der Waals surface area contributed by atoms with Crippen molar-refractivity contribution in [2.45, 2.75) is 13.5 Å². The van der Waals surface area contributed by atoms with Crippen molar-refractivity contribution >= 4 is 11.5 Å². The molecule has 0 saturated heterocycles. The Bertz CT molecular complexity index is 248. The van der Waals surface area contributed by atoms with Gasteiger partial charge in [-0.2, -0.15) is 4.37 Å². The molecule has 0 N–H and O–H groups in total. The van der Waals surface area contributed by atoms with E-state index in [2.05, 4.69) is 22.3 Å². The Morgan fingerprint density at radius 2 is 2.31 bits per heavy atom. The van der Waals surface area contributed by atoms with E-state index >= 15 is 0 Å². The minimum atomic E-state index is 0.637. The summed E-state index contributed by atoms with van der Waals surface area (Å²) >= 11 is 1.53. The molecule has 74 valence electrons. The van der Waals surface area contributed by atoms with Gasteiger partial charge in [-0.3, -0.25) is 0 Å². The smallest absolute Gasteiger partial charge is 0.0899 e. The van der Waals surface area contributed by atoms with Crippen LogP contribution in [0, 0.1) is 6.92 Å². The first kappa shape index (κ1) is 10.6. The first-order valence-corrected chi connectivity index (χ1v) is 5.10. The first-order valence-electron chi connectivity index (χ1n) is 4.33. The van der Waals surface area contributed by atoms with Crippen LogP contribution < -0.4 is 0 Å². The second-order valence-corrected chi connectivity index (χ2v) is 4.29. The van der Waals surface area contributed by atoms with Crippen molar-refractivity contribution in [1.82, 2.24) is 9.27 Å². The highest BCUT2D eigenvalue weighted by Gasteiger charge is 1.98. The second kappa shape index (κ2) is 5.32. The third-order valence-electron chi connectivity index (χ3n) is 1.61. The maximum Gasteiger partial charge on any atom is 0.0899 e. The van der Waals surface area contributed by atoms with Gasteiger partial charge in [0.1, 0.15) is 0 Å². The zero-order valence-electron chi connectivity index (χ0n) is 8.41. The summed E-state index contributed by atoms with van der Waals surface area (Å²) in [5.74, 6) is 0. The molecule has 0 aliphatic carbocycles. The third-order valence-corrected chi connectivity index (χ3v) is 2.34. The van der Waals surface area contributed by atoms with Crippen LogP contribution in [-0.2, 0) is 11.3 Å². The standard InChI is InChI=1S/C9H16N2OS/c1-8-6-9(10-13-8)7-12-5-4-11(2)3/h6H,4-5,7H2,1-3H3. The van der Waals surface area contributed by atoms with E-state index < -0.39 is 0 Å². The quantitative estimate of drug-likeness (QED) is 0.674. The van der Waals surface area contributed by atoms with Crippen molar-refractivity contribution in [1.29, 1.82) is 0 Å². The Morgan fingerprint density at radius 1 is 1.54 bits per heavy atom. The molecule has 0 aliphatic rings. The molecule has 0 radical (unpaired) electrons. The maximum atomic E-state index is 5.45. The van der Waals surface area contributed by atoms with Crippen LogP contribution in [-0.4, -0.2) is 36.5 Å². The molecule has 13 heavy (non-hydrogen) atoms. The fraction of sp³-hybridized carbons (Fsp3) is 0.667. The van der Waals surface area contributed by atoms with Crippen LogP contribution in [0.25, 0.3) is 0 Å². The van der Waals surface area contributed by atoms with Crippen LogP contribution >= 0.6 is 11.5 Å². The summed E-state index contributed by atoms with van der Waals surface area (Å²) in [5.41, 5.74) is 1.04. The summed E-state index contributed by atoms with van der Waals surface area (Å²) in [7, 11) is 4.08. The molecule has 0 atom stereocenters. The van der Waals surface area contributed by atoms with Crippen LogP contribution in [0.5, 0.6) is 0 Å². The molecular formula is C9H16N2OS. The molecule has 0 aliphatic heterocycles. The minimum absolute atomic E-state index is 0.637. The Morgan fingerprint density at radius 3 is 2.85 bits per heavy atom. The van der Waals surface area contributed by atoms with E-state index in [0.29, 0.717) is 6.61 Å². The number of hydrogen-bond donors (Lipinski definition) is 0. The number of ether oxygens (including phenoxy) is 1. The molecule has 3 nitrogen and oxygen atoms in total. The highest BCUT2D eigenvalue weighted by atomic mass is 32.1. The summed E-state index contributed by atoms with van der Waals surface area (Å²) in [5, 5.41) is 0. The topological polar surface area (TPSA) is 25.4 Å². The lowest BCUT2D eigenvalue weighted by Crippen LogP contribution is -2.17. The minimum Gasteiger partial charge on any atom is -0.374 e. The number of likely N-dealkylation sites (N-methyl/N-ethyl adjacent to an activating group) is 1. The number of hydrogen-bond acceptors (Lipinski definition) is 4. The van der Waals surface area contributed by atoms with E-state index in [1.165, 1.54) is 16.4 Å². The average Bonchev–Trinajstić information content (AvgIpc) is 2.45. The molecule has 0 spiro atoms. The normalized spacial score (nSPS) is 11.1. The fourth-order valence-corrected chi connectivity index (χ4v) is 1.47. The predicted octanol–water partition coefficient (Wildman–Crippen LogP) is 1.53. The van der Waals surface area contributed by atoms with Crippen LogP contribution in [0.15, 0.2) is 6.07 Å². The molecule has 4 heteroatoms. The van der Waals surface area contributed by atoms with Crippen molar-refractivity contribution in [2.24, 2.45) is 0 Å². The van der Waals surface area contributed by atoms with Crippen molar-refractivity contribution in [2.75, 3.05) is 27.2 Å². The molecule has 0 bridgehead atoms. The van der Waals surface area contributed by atoms with Crippen molar-refractivity contribution in [3.8, 4) is 0 Å². The molecule has 0 amide bonds. The lowest BCUT2D eigenvalue weighted by molar-refractivity contribution is 0.103. The molecule has 1 aromatic rings. The molecule has 0 fully saturated rings. The Kier molecular flexibility index (Phi) is 4.35. The number of aryl methyl sites for hydroxylation is 1. The predicted molar refractivity (Wildman–Crippen MR) is 55.1 cm³/mol. The number of rotatable bonds is 5. The van der Waals surface area contributed by atoms with Crippen LogP contribution in [0.3, 0.4) is 0 Å². The van der Waals surface area contributed by atoms with E-state index in [9.17, 15) is 0 Å². The highest BCUT2D eigenvalue weighted by molar-refractivity contribution is 7.05. The van der Waals surface area contributed by atoms with Crippen molar-refractivity contribution in [3.63, 3.8) is 0 Å². The van der Waals surface area contributed by atoms with Gasteiger partial charge >= 0.3 is 0 Å². The Hall–Kier alpha value is -0.450. The zero-order chi connectivity index (χ0) is 9.68. The fourth-order valence-electron chi connectivity index (χ4n) is 0.910. The molecule has 1 heterocycles. The summed E-state index contributed by atoms with van der Waals surface area (Å²) in [6.07, 6.45) is 0. The van der Waals surface area contributed by atoms with Gasteiger partial charge in [-0.1, -0.05) is 0 Å². The molecule has 0 unspecified atom stereocenters. The Balaban J connectivity index is 2.13. The van der Waals surface area contributed by atoms with Gasteiger partial charge in [0.25, 0.3) is 0 Å². The summed E-state index contributed by atoms with van der Waals surface area (Å²) in [6.45, 7) is 4.42. The van der Waals surface area contributed by atoms with E-state index in [-0.39, 0.29) is 0 Å². The van der Waals surface area contributed by atoms with Gasteiger partial charge in [-0.25, -0.2) is 0 Å². The molecule has 0 saturated carbocycles. The largest absolute Gasteiger partial charge is 0.374 e. The van der Waals surface area contributed by atoms with E-state index in [1.807, 2.05) is 14.1 Å².